The minimum Gasteiger partial charge on any atom is -0.396 e. The number of anilines is 2. The van der Waals surface area contributed by atoms with E-state index in [1.54, 1.807) is 0 Å². The predicted octanol–water partition coefficient (Wildman–Crippen LogP) is 1.96. The van der Waals surface area contributed by atoms with Crippen molar-refractivity contribution in [3.8, 4) is 0 Å². The molecule has 98 valence electrons. The van der Waals surface area contributed by atoms with Crippen LogP contribution in [-0.4, -0.2) is 42.6 Å². The molecule has 2 N–H and O–H groups in total. The molecule has 0 bridgehead atoms. The van der Waals surface area contributed by atoms with Crippen LogP contribution in [0.25, 0.3) is 0 Å². The van der Waals surface area contributed by atoms with Crippen LogP contribution in [0, 0.1) is 5.92 Å². The molecule has 2 fully saturated rings. The Morgan fingerprint density at radius 2 is 2.00 bits per heavy atom. The van der Waals surface area contributed by atoms with E-state index in [9.17, 15) is 0 Å². The van der Waals surface area contributed by atoms with E-state index in [2.05, 4.69) is 30.7 Å². The molecule has 2 heterocycles. The van der Waals surface area contributed by atoms with E-state index >= 15 is 0 Å². The topological polar surface area (TPSA) is 45.4 Å². The zero-order valence-electron chi connectivity index (χ0n) is 10.5. The Balaban J connectivity index is 1.60. The van der Waals surface area contributed by atoms with Gasteiger partial charge in [0.2, 0.25) is 0 Å². The van der Waals surface area contributed by atoms with Gasteiger partial charge in [-0.05, 0) is 40.8 Å². The number of nitrogens with two attached hydrogens (primary N) is 1. The number of piperazine rings is 1. The van der Waals surface area contributed by atoms with E-state index < -0.39 is 0 Å². The summed E-state index contributed by atoms with van der Waals surface area (Å²) in [5.41, 5.74) is 6.79. The summed E-state index contributed by atoms with van der Waals surface area (Å²) >= 11 is 3.39. The molecular formula is C13H19BrN4. The summed E-state index contributed by atoms with van der Waals surface area (Å²) in [5.74, 6) is 1.91. The third-order valence-electron chi connectivity index (χ3n) is 3.75. The lowest BCUT2D eigenvalue weighted by atomic mass is 10.2. The van der Waals surface area contributed by atoms with Crippen LogP contribution < -0.4 is 10.6 Å². The van der Waals surface area contributed by atoms with Crippen molar-refractivity contribution in [2.45, 2.75) is 12.8 Å². The van der Waals surface area contributed by atoms with E-state index in [4.69, 9.17) is 5.73 Å². The van der Waals surface area contributed by atoms with Crippen molar-refractivity contribution in [1.82, 2.24) is 9.88 Å². The third kappa shape index (κ3) is 2.78. The summed E-state index contributed by atoms with van der Waals surface area (Å²) in [6, 6.07) is 1.93. The molecule has 5 heteroatoms. The van der Waals surface area contributed by atoms with Crippen LogP contribution in [0.3, 0.4) is 0 Å². The van der Waals surface area contributed by atoms with Gasteiger partial charge in [-0.3, -0.25) is 4.90 Å². The number of nitrogen functional groups attached to an aromatic ring is 1. The van der Waals surface area contributed by atoms with Crippen molar-refractivity contribution in [2.24, 2.45) is 5.92 Å². The van der Waals surface area contributed by atoms with Gasteiger partial charge >= 0.3 is 0 Å². The normalized spacial score (nSPS) is 21.3. The van der Waals surface area contributed by atoms with Gasteiger partial charge in [-0.15, -0.1) is 0 Å². The second kappa shape index (κ2) is 5.05. The van der Waals surface area contributed by atoms with Crippen LogP contribution in [-0.2, 0) is 0 Å². The number of pyridine rings is 1. The molecular weight excluding hydrogens is 292 g/mol. The van der Waals surface area contributed by atoms with E-state index in [1.807, 2.05) is 12.3 Å². The molecule has 1 saturated heterocycles. The molecule has 0 aromatic carbocycles. The average Bonchev–Trinajstić information content (AvgIpc) is 3.15. The fourth-order valence-electron chi connectivity index (χ4n) is 2.52. The van der Waals surface area contributed by atoms with Crippen molar-refractivity contribution in [2.75, 3.05) is 43.4 Å². The highest BCUT2D eigenvalue weighted by Crippen LogP contribution is 2.30. The molecule has 1 aromatic heterocycles. The molecule has 1 aliphatic carbocycles. The summed E-state index contributed by atoms with van der Waals surface area (Å²) in [6.07, 6.45) is 4.69. The zero-order chi connectivity index (χ0) is 12.5. The van der Waals surface area contributed by atoms with Gasteiger partial charge < -0.3 is 10.6 Å². The van der Waals surface area contributed by atoms with Crippen molar-refractivity contribution in [3.05, 3.63) is 16.7 Å². The lowest BCUT2D eigenvalue weighted by molar-refractivity contribution is 0.247. The molecule has 3 rings (SSSR count). The SMILES string of the molecule is Nc1cc(Br)cnc1N1CCN(CC2CC2)CC1. The fourth-order valence-corrected chi connectivity index (χ4v) is 2.87. The Bertz CT molecular complexity index is 425. The minimum atomic E-state index is 0.764. The molecule has 0 unspecified atom stereocenters. The number of hydrogen-bond donors (Lipinski definition) is 1. The van der Waals surface area contributed by atoms with Crippen LogP contribution in [0.15, 0.2) is 16.7 Å². The maximum atomic E-state index is 6.03. The van der Waals surface area contributed by atoms with Crippen molar-refractivity contribution < 1.29 is 0 Å². The first-order valence-electron chi connectivity index (χ1n) is 6.60. The number of nitrogens with zero attached hydrogens (tertiary/aromatic N) is 3. The number of rotatable bonds is 3. The average molecular weight is 311 g/mol. The second-order valence-electron chi connectivity index (χ2n) is 5.30. The Morgan fingerprint density at radius 1 is 1.28 bits per heavy atom. The monoisotopic (exact) mass is 310 g/mol. The van der Waals surface area contributed by atoms with Crippen molar-refractivity contribution in [1.29, 1.82) is 0 Å². The Hall–Kier alpha value is -0.810. The number of aromatic nitrogens is 1. The third-order valence-corrected chi connectivity index (χ3v) is 4.18. The van der Waals surface area contributed by atoms with Crippen LogP contribution in [0.4, 0.5) is 11.5 Å². The zero-order valence-corrected chi connectivity index (χ0v) is 12.1. The smallest absolute Gasteiger partial charge is 0.151 e. The Labute approximate surface area is 116 Å². The Morgan fingerprint density at radius 3 is 2.61 bits per heavy atom. The first kappa shape index (κ1) is 12.2. The highest BCUT2D eigenvalue weighted by atomic mass is 79.9. The molecule has 4 nitrogen and oxygen atoms in total. The minimum absolute atomic E-state index is 0.764. The van der Waals surface area contributed by atoms with E-state index in [-0.39, 0.29) is 0 Å². The van der Waals surface area contributed by atoms with Gasteiger partial charge in [-0.25, -0.2) is 4.98 Å². The number of halogens is 1. The van der Waals surface area contributed by atoms with E-state index in [0.29, 0.717) is 0 Å². The summed E-state index contributed by atoms with van der Waals surface area (Å²) < 4.78 is 0.941. The molecule has 0 radical (unpaired) electrons. The van der Waals surface area contributed by atoms with Gasteiger partial charge in [0, 0.05) is 43.4 Å². The van der Waals surface area contributed by atoms with Crippen molar-refractivity contribution in [3.63, 3.8) is 0 Å². The molecule has 0 spiro atoms. The van der Waals surface area contributed by atoms with Gasteiger partial charge in [-0.2, -0.15) is 0 Å². The van der Waals surface area contributed by atoms with E-state index in [0.717, 1.165) is 48.1 Å². The molecule has 0 atom stereocenters. The summed E-state index contributed by atoms with van der Waals surface area (Å²) in [5, 5.41) is 0. The largest absolute Gasteiger partial charge is 0.396 e. The predicted molar refractivity (Wildman–Crippen MR) is 77.7 cm³/mol. The van der Waals surface area contributed by atoms with Crippen LogP contribution >= 0.6 is 15.9 Å². The highest BCUT2D eigenvalue weighted by molar-refractivity contribution is 9.10. The highest BCUT2D eigenvalue weighted by Gasteiger charge is 2.27. The van der Waals surface area contributed by atoms with Gasteiger partial charge in [0.1, 0.15) is 0 Å². The standard InChI is InChI=1S/C13H19BrN4/c14-11-7-12(15)13(16-8-11)18-5-3-17(4-6-18)9-10-1-2-10/h7-8,10H,1-6,9,15H2. The molecule has 18 heavy (non-hydrogen) atoms. The van der Waals surface area contributed by atoms with Crippen molar-refractivity contribution >= 4 is 27.4 Å². The quantitative estimate of drug-likeness (QED) is 0.927. The number of hydrogen-bond acceptors (Lipinski definition) is 4. The first-order valence-corrected chi connectivity index (χ1v) is 7.40. The van der Waals surface area contributed by atoms with Gasteiger partial charge in [-0.1, -0.05) is 0 Å². The molecule has 1 saturated carbocycles. The fraction of sp³-hybridized carbons (Fsp3) is 0.615. The van der Waals surface area contributed by atoms with Gasteiger partial charge in [0.25, 0.3) is 0 Å². The lowest BCUT2D eigenvalue weighted by Gasteiger charge is -2.35. The second-order valence-corrected chi connectivity index (χ2v) is 6.21. The molecule has 2 aliphatic rings. The van der Waals surface area contributed by atoms with Gasteiger partial charge in [0.05, 0.1) is 5.69 Å². The van der Waals surface area contributed by atoms with Crippen LogP contribution in [0.2, 0.25) is 0 Å². The van der Waals surface area contributed by atoms with E-state index in [1.165, 1.54) is 19.4 Å². The maximum Gasteiger partial charge on any atom is 0.151 e. The lowest BCUT2D eigenvalue weighted by Crippen LogP contribution is -2.47. The summed E-state index contributed by atoms with van der Waals surface area (Å²) in [4.78, 5) is 9.30. The molecule has 0 amide bonds. The first-order chi connectivity index (χ1) is 8.72. The molecule has 1 aliphatic heterocycles. The van der Waals surface area contributed by atoms with Gasteiger partial charge in [0.15, 0.2) is 5.82 Å². The summed E-state index contributed by atoms with van der Waals surface area (Å²) in [6.45, 7) is 5.62. The summed E-state index contributed by atoms with van der Waals surface area (Å²) in [7, 11) is 0. The molecule has 1 aromatic rings. The van der Waals surface area contributed by atoms with Crippen LogP contribution in [0.1, 0.15) is 12.8 Å². The maximum absolute atomic E-state index is 6.03. The van der Waals surface area contributed by atoms with Crippen LogP contribution in [0.5, 0.6) is 0 Å². The Kier molecular flexibility index (Phi) is 3.43.